The number of hydrogen-bond acceptors (Lipinski definition) is 5. The number of amides is 4. The molecule has 0 spiro atoms. The van der Waals surface area contributed by atoms with Crippen LogP contribution < -0.4 is 15.5 Å². The first-order valence-corrected chi connectivity index (χ1v) is 8.77. The molecule has 8 heteroatoms. The zero-order chi connectivity index (χ0) is 18.0. The molecule has 0 saturated carbocycles. The number of benzene rings is 1. The SMILES string of the molecule is Cc1ncsc1CCC(=O)Nc1ccccc1N1C(=O)N[C@@H](C)C1=O. The lowest BCUT2D eigenvalue weighted by atomic mass is 10.2. The molecule has 1 saturated heterocycles. The molecule has 4 amide bonds. The number of carbonyl (C=O) groups is 3. The van der Waals surface area contributed by atoms with Gasteiger partial charge in [0.05, 0.1) is 22.6 Å². The molecule has 1 aliphatic rings. The number of hydrogen-bond donors (Lipinski definition) is 2. The third-order valence-electron chi connectivity index (χ3n) is 3.98. The summed E-state index contributed by atoms with van der Waals surface area (Å²) in [5.41, 5.74) is 3.51. The first-order valence-electron chi connectivity index (χ1n) is 7.89. The number of thiazole rings is 1. The maximum Gasteiger partial charge on any atom is 0.329 e. The van der Waals surface area contributed by atoms with Gasteiger partial charge in [0.2, 0.25) is 5.91 Å². The Morgan fingerprint density at radius 1 is 1.36 bits per heavy atom. The van der Waals surface area contributed by atoms with E-state index in [9.17, 15) is 14.4 Å². The fourth-order valence-electron chi connectivity index (χ4n) is 2.61. The fraction of sp³-hybridized carbons (Fsp3) is 0.294. The number of rotatable bonds is 5. The molecule has 1 fully saturated rings. The Bertz CT molecular complexity index is 833. The van der Waals surface area contributed by atoms with Crippen molar-refractivity contribution >= 4 is 40.6 Å². The van der Waals surface area contributed by atoms with Crippen LogP contribution in [0.15, 0.2) is 29.8 Å². The number of carbonyl (C=O) groups excluding carboxylic acids is 3. The van der Waals surface area contributed by atoms with E-state index in [4.69, 9.17) is 0 Å². The fourth-order valence-corrected chi connectivity index (χ4v) is 3.39. The van der Waals surface area contributed by atoms with Gasteiger partial charge in [0, 0.05) is 11.3 Å². The molecule has 2 aromatic rings. The molecule has 0 aliphatic carbocycles. The molecule has 2 heterocycles. The van der Waals surface area contributed by atoms with Crippen LogP contribution in [0.3, 0.4) is 0 Å². The number of aryl methyl sites for hydroxylation is 2. The highest BCUT2D eigenvalue weighted by molar-refractivity contribution is 7.09. The van der Waals surface area contributed by atoms with E-state index in [0.29, 0.717) is 24.2 Å². The monoisotopic (exact) mass is 358 g/mol. The van der Waals surface area contributed by atoms with Crippen molar-refractivity contribution in [2.75, 3.05) is 10.2 Å². The van der Waals surface area contributed by atoms with Gasteiger partial charge in [-0.25, -0.2) is 14.7 Å². The van der Waals surface area contributed by atoms with Crippen molar-refractivity contribution in [2.24, 2.45) is 0 Å². The van der Waals surface area contributed by atoms with Crippen molar-refractivity contribution in [3.05, 3.63) is 40.3 Å². The smallest absolute Gasteiger partial charge is 0.326 e. The van der Waals surface area contributed by atoms with Crippen LogP contribution in [0.4, 0.5) is 16.2 Å². The van der Waals surface area contributed by atoms with E-state index in [1.807, 2.05) is 6.92 Å². The number of urea groups is 1. The van der Waals surface area contributed by atoms with Crippen molar-refractivity contribution in [3.8, 4) is 0 Å². The van der Waals surface area contributed by atoms with Crippen LogP contribution in [0.25, 0.3) is 0 Å². The van der Waals surface area contributed by atoms with E-state index in [-0.39, 0.29) is 11.8 Å². The van der Waals surface area contributed by atoms with E-state index >= 15 is 0 Å². The lowest BCUT2D eigenvalue weighted by Crippen LogP contribution is -2.32. The summed E-state index contributed by atoms with van der Waals surface area (Å²) >= 11 is 1.53. The van der Waals surface area contributed by atoms with Crippen molar-refractivity contribution in [1.82, 2.24) is 10.3 Å². The van der Waals surface area contributed by atoms with Gasteiger partial charge < -0.3 is 10.6 Å². The molecule has 7 nitrogen and oxygen atoms in total. The Morgan fingerprint density at radius 3 is 2.76 bits per heavy atom. The first-order chi connectivity index (χ1) is 12.0. The summed E-state index contributed by atoms with van der Waals surface area (Å²) in [6, 6.07) is 5.71. The Labute approximate surface area is 149 Å². The molecule has 0 unspecified atom stereocenters. The predicted octanol–water partition coefficient (Wildman–Crippen LogP) is 2.47. The summed E-state index contributed by atoms with van der Waals surface area (Å²) in [5.74, 6) is -0.521. The van der Waals surface area contributed by atoms with Crippen LogP contribution >= 0.6 is 11.3 Å². The van der Waals surface area contributed by atoms with Crippen molar-refractivity contribution in [2.45, 2.75) is 32.7 Å². The number of nitrogens with one attached hydrogen (secondary N) is 2. The quantitative estimate of drug-likeness (QED) is 0.803. The van der Waals surface area contributed by atoms with Crippen LogP contribution in [0.5, 0.6) is 0 Å². The Kier molecular flexibility index (Phi) is 4.80. The minimum Gasteiger partial charge on any atom is -0.326 e. The molecule has 1 aromatic carbocycles. The third-order valence-corrected chi connectivity index (χ3v) is 4.97. The number of nitrogens with zero attached hydrogens (tertiary/aromatic N) is 2. The van der Waals surface area contributed by atoms with Crippen LogP contribution in [0.2, 0.25) is 0 Å². The van der Waals surface area contributed by atoms with Crippen LogP contribution in [-0.4, -0.2) is 28.9 Å². The zero-order valence-corrected chi connectivity index (χ0v) is 14.7. The number of imide groups is 1. The van der Waals surface area contributed by atoms with Gasteiger partial charge in [0.1, 0.15) is 6.04 Å². The summed E-state index contributed by atoms with van der Waals surface area (Å²) < 4.78 is 0. The molecule has 1 aliphatic heterocycles. The molecule has 1 atom stereocenters. The van der Waals surface area contributed by atoms with Gasteiger partial charge in [0.15, 0.2) is 0 Å². The van der Waals surface area contributed by atoms with Crippen molar-refractivity contribution in [1.29, 1.82) is 0 Å². The van der Waals surface area contributed by atoms with Crippen LogP contribution in [0, 0.1) is 6.92 Å². The van der Waals surface area contributed by atoms with Gasteiger partial charge in [-0.05, 0) is 32.4 Å². The highest BCUT2D eigenvalue weighted by Gasteiger charge is 2.37. The lowest BCUT2D eigenvalue weighted by Gasteiger charge is -2.17. The zero-order valence-electron chi connectivity index (χ0n) is 13.9. The Balaban J connectivity index is 1.73. The number of anilines is 2. The van der Waals surface area contributed by atoms with Crippen molar-refractivity contribution in [3.63, 3.8) is 0 Å². The maximum atomic E-state index is 12.3. The highest BCUT2D eigenvalue weighted by atomic mass is 32.1. The average molecular weight is 358 g/mol. The summed E-state index contributed by atoms with van der Waals surface area (Å²) in [4.78, 5) is 42.8. The van der Waals surface area contributed by atoms with Gasteiger partial charge in [-0.2, -0.15) is 0 Å². The van der Waals surface area contributed by atoms with Gasteiger partial charge in [-0.1, -0.05) is 12.1 Å². The van der Waals surface area contributed by atoms with Crippen molar-refractivity contribution < 1.29 is 14.4 Å². The lowest BCUT2D eigenvalue weighted by molar-refractivity contribution is -0.118. The molecule has 1 aromatic heterocycles. The number of aromatic nitrogens is 1. The molecular formula is C17H18N4O3S. The van der Waals surface area contributed by atoms with Gasteiger partial charge >= 0.3 is 6.03 Å². The topological polar surface area (TPSA) is 91.4 Å². The Morgan fingerprint density at radius 2 is 2.12 bits per heavy atom. The van der Waals surface area contributed by atoms with E-state index in [2.05, 4.69) is 15.6 Å². The second kappa shape index (κ2) is 7.02. The van der Waals surface area contributed by atoms with Crippen LogP contribution in [0.1, 0.15) is 23.9 Å². The first kappa shape index (κ1) is 17.1. The van der Waals surface area contributed by atoms with E-state index < -0.39 is 12.1 Å². The third kappa shape index (κ3) is 3.53. The molecule has 130 valence electrons. The molecule has 25 heavy (non-hydrogen) atoms. The Hall–Kier alpha value is -2.74. The predicted molar refractivity (Wildman–Crippen MR) is 95.7 cm³/mol. The maximum absolute atomic E-state index is 12.3. The summed E-state index contributed by atoms with van der Waals surface area (Å²) in [6.07, 6.45) is 0.901. The molecule has 3 rings (SSSR count). The standard InChI is InChI=1S/C17H18N4O3S/c1-10-14(25-9-18-10)7-8-15(22)20-12-5-3-4-6-13(12)21-16(23)11(2)19-17(21)24/h3-6,9,11H,7-8H2,1-2H3,(H,19,24)(H,20,22)/t11-/m0/s1. The second-order valence-electron chi connectivity index (χ2n) is 5.77. The highest BCUT2D eigenvalue weighted by Crippen LogP contribution is 2.28. The molecular weight excluding hydrogens is 340 g/mol. The number of para-hydroxylation sites is 2. The van der Waals surface area contributed by atoms with E-state index in [1.165, 1.54) is 11.3 Å². The van der Waals surface area contributed by atoms with Crippen LogP contribution in [-0.2, 0) is 16.0 Å². The molecule has 0 bridgehead atoms. The van der Waals surface area contributed by atoms with Gasteiger partial charge in [-0.15, -0.1) is 11.3 Å². The summed E-state index contributed by atoms with van der Waals surface area (Å²) in [5, 5.41) is 5.36. The largest absolute Gasteiger partial charge is 0.329 e. The molecule has 2 N–H and O–H groups in total. The average Bonchev–Trinajstić information content (AvgIpc) is 3.09. The van der Waals surface area contributed by atoms with Gasteiger partial charge in [-0.3, -0.25) is 9.59 Å². The summed E-state index contributed by atoms with van der Waals surface area (Å²) in [7, 11) is 0. The normalized spacial score (nSPS) is 16.9. The van der Waals surface area contributed by atoms with Gasteiger partial charge in [0.25, 0.3) is 5.91 Å². The summed E-state index contributed by atoms with van der Waals surface area (Å²) in [6.45, 7) is 3.54. The second-order valence-corrected chi connectivity index (χ2v) is 6.71. The minimum atomic E-state index is -0.578. The van der Waals surface area contributed by atoms with E-state index in [1.54, 1.807) is 36.7 Å². The van der Waals surface area contributed by atoms with E-state index in [0.717, 1.165) is 15.5 Å². The molecule has 0 radical (unpaired) electrons. The minimum absolute atomic E-state index is 0.180.